The van der Waals surface area contributed by atoms with Crippen LogP contribution in [0.1, 0.15) is 6.42 Å². The first-order chi connectivity index (χ1) is 6.63. The zero-order valence-electron chi connectivity index (χ0n) is 7.38. The third-order valence-corrected chi connectivity index (χ3v) is 2.23. The van der Waals surface area contributed by atoms with Crippen LogP contribution in [0.3, 0.4) is 0 Å². The molecule has 0 bridgehead atoms. The van der Waals surface area contributed by atoms with E-state index in [1.54, 1.807) is 18.2 Å². The number of amides is 2. The average molecular weight is 191 g/mol. The molecule has 0 spiro atoms. The number of carbonyl (C=O) groups is 2. The van der Waals surface area contributed by atoms with E-state index in [1.165, 1.54) is 6.08 Å². The van der Waals surface area contributed by atoms with Gasteiger partial charge in [0.25, 0.3) is 11.8 Å². The van der Waals surface area contributed by atoms with Crippen LogP contribution < -0.4 is 0 Å². The van der Waals surface area contributed by atoms with Gasteiger partial charge in [-0.2, -0.15) is 0 Å². The number of nitrogens with zero attached hydrogens (tertiary/aromatic N) is 1. The first kappa shape index (κ1) is 8.90. The van der Waals surface area contributed by atoms with Crippen molar-refractivity contribution in [2.75, 3.05) is 0 Å². The standard InChI is InChI=1S/C10H9NO3/c12-8-4-5-9(13)11(8)10(14)6-2-1-3-7-10/h1-6,14H,7H2. The van der Waals surface area contributed by atoms with Gasteiger partial charge in [0.15, 0.2) is 5.72 Å². The normalized spacial score (nSPS) is 30.5. The zero-order chi connectivity index (χ0) is 10.2. The second-order valence-electron chi connectivity index (χ2n) is 3.22. The molecular weight excluding hydrogens is 182 g/mol. The van der Waals surface area contributed by atoms with Crippen molar-refractivity contribution in [3.05, 3.63) is 36.5 Å². The van der Waals surface area contributed by atoms with E-state index in [-0.39, 0.29) is 6.42 Å². The lowest BCUT2D eigenvalue weighted by Crippen LogP contribution is -2.50. The molecule has 1 aliphatic carbocycles. The van der Waals surface area contributed by atoms with Crippen LogP contribution >= 0.6 is 0 Å². The summed E-state index contributed by atoms with van der Waals surface area (Å²) in [6.07, 6.45) is 9.07. The average Bonchev–Trinajstić information content (AvgIpc) is 2.48. The topological polar surface area (TPSA) is 57.6 Å². The first-order valence-electron chi connectivity index (χ1n) is 4.26. The Kier molecular flexibility index (Phi) is 1.86. The van der Waals surface area contributed by atoms with Crippen LogP contribution in [-0.2, 0) is 9.59 Å². The third-order valence-electron chi connectivity index (χ3n) is 2.23. The van der Waals surface area contributed by atoms with Gasteiger partial charge < -0.3 is 5.11 Å². The SMILES string of the molecule is O=C1C=CC(=O)N1C1(O)C=CC=CC1. The summed E-state index contributed by atoms with van der Waals surface area (Å²) < 4.78 is 0. The van der Waals surface area contributed by atoms with Gasteiger partial charge in [0.05, 0.1) is 0 Å². The summed E-state index contributed by atoms with van der Waals surface area (Å²) in [5, 5.41) is 10.0. The minimum atomic E-state index is -1.49. The van der Waals surface area contributed by atoms with Crippen LogP contribution in [0.5, 0.6) is 0 Å². The molecule has 0 aromatic rings. The van der Waals surface area contributed by atoms with E-state index in [4.69, 9.17) is 0 Å². The molecule has 2 rings (SSSR count). The second kappa shape index (κ2) is 2.92. The summed E-state index contributed by atoms with van der Waals surface area (Å²) >= 11 is 0. The van der Waals surface area contributed by atoms with E-state index in [9.17, 15) is 14.7 Å². The predicted octanol–water partition coefficient (Wildman–Crippen LogP) is 0.116. The van der Waals surface area contributed by atoms with E-state index < -0.39 is 17.5 Å². The maximum absolute atomic E-state index is 11.3. The zero-order valence-corrected chi connectivity index (χ0v) is 7.38. The first-order valence-corrected chi connectivity index (χ1v) is 4.26. The molecule has 0 radical (unpaired) electrons. The minimum absolute atomic E-state index is 0.239. The van der Waals surface area contributed by atoms with E-state index in [0.717, 1.165) is 17.1 Å². The monoisotopic (exact) mass is 191 g/mol. The summed E-state index contributed by atoms with van der Waals surface area (Å²) in [5.41, 5.74) is -1.49. The molecule has 0 saturated carbocycles. The number of hydrogen-bond donors (Lipinski definition) is 1. The van der Waals surface area contributed by atoms with Gasteiger partial charge in [-0.25, -0.2) is 4.90 Å². The molecule has 1 heterocycles. The molecule has 4 nitrogen and oxygen atoms in total. The van der Waals surface area contributed by atoms with E-state index >= 15 is 0 Å². The van der Waals surface area contributed by atoms with Crippen molar-refractivity contribution < 1.29 is 14.7 Å². The Morgan fingerprint density at radius 2 is 1.86 bits per heavy atom. The Morgan fingerprint density at radius 1 is 1.21 bits per heavy atom. The molecule has 1 atom stereocenters. The van der Waals surface area contributed by atoms with Gasteiger partial charge in [0, 0.05) is 18.6 Å². The maximum Gasteiger partial charge on any atom is 0.256 e. The van der Waals surface area contributed by atoms with Crippen LogP contribution in [-0.4, -0.2) is 27.5 Å². The Balaban J connectivity index is 2.31. The molecule has 1 unspecified atom stereocenters. The molecule has 2 aliphatic rings. The van der Waals surface area contributed by atoms with Gasteiger partial charge in [0.2, 0.25) is 0 Å². The molecule has 2 amide bonds. The van der Waals surface area contributed by atoms with Crippen molar-refractivity contribution in [1.82, 2.24) is 4.90 Å². The predicted molar refractivity (Wildman–Crippen MR) is 48.8 cm³/mol. The Labute approximate surface area is 80.8 Å². The second-order valence-corrected chi connectivity index (χ2v) is 3.22. The smallest absolute Gasteiger partial charge is 0.256 e. The molecule has 4 heteroatoms. The Hall–Kier alpha value is -1.68. The van der Waals surface area contributed by atoms with Crippen molar-refractivity contribution in [3.8, 4) is 0 Å². The number of carbonyl (C=O) groups excluding carboxylic acids is 2. The lowest BCUT2D eigenvalue weighted by atomic mass is 10.0. The lowest BCUT2D eigenvalue weighted by Gasteiger charge is -2.33. The molecule has 0 saturated heterocycles. The van der Waals surface area contributed by atoms with Crippen molar-refractivity contribution in [2.24, 2.45) is 0 Å². The molecule has 0 aromatic heterocycles. The van der Waals surface area contributed by atoms with Gasteiger partial charge in [-0.1, -0.05) is 18.2 Å². The highest BCUT2D eigenvalue weighted by Gasteiger charge is 2.40. The molecular formula is C10H9NO3. The summed E-state index contributed by atoms with van der Waals surface area (Å²) in [6, 6.07) is 0. The van der Waals surface area contributed by atoms with Gasteiger partial charge in [-0.05, 0) is 6.08 Å². The van der Waals surface area contributed by atoms with E-state index in [1.807, 2.05) is 0 Å². The van der Waals surface area contributed by atoms with Crippen LogP contribution in [0, 0.1) is 0 Å². The largest absolute Gasteiger partial charge is 0.366 e. The number of rotatable bonds is 1. The summed E-state index contributed by atoms with van der Waals surface area (Å²) in [7, 11) is 0. The lowest BCUT2D eigenvalue weighted by molar-refractivity contribution is -0.156. The number of allylic oxidation sites excluding steroid dienone is 2. The van der Waals surface area contributed by atoms with Gasteiger partial charge in [-0.15, -0.1) is 0 Å². The van der Waals surface area contributed by atoms with E-state index in [2.05, 4.69) is 0 Å². The van der Waals surface area contributed by atoms with Crippen LogP contribution in [0.4, 0.5) is 0 Å². The van der Waals surface area contributed by atoms with Gasteiger partial charge >= 0.3 is 0 Å². The highest BCUT2D eigenvalue weighted by molar-refractivity contribution is 6.13. The highest BCUT2D eigenvalue weighted by Crippen LogP contribution is 2.25. The number of imide groups is 1. The fraction of sp³-hybridized carbons (Fsp3) is 0.200. The minimum Gasteiger partial charge on any atom is -0.366 e. The van der Waals surface area contributed by atoms with E-state index in [0.29, 0.717) is 0 Å². The fourth-order valence-electron chi connectivity index (χ4n) is 1.55. The molecule has 14 heavy (non-hydrogen) atoms. The summed E-state index contributed by atoms with van der Waals surface area (Å²) in [4.78, 5) is 23.4. The number of aliphatic hydroxyl groups is 1. The van der Waals surface area contributed by atoms with Gasteiger partial charge in [0.1, 0.15) is 0 Å². The van der Waals surface area contributed by atoms with Crippen molar-refractivity contribution in [1.29, 1.82) is 0 Å². The molecule has 0 aromatic carbocycles. The van der Waals surface area contributed by atoms with Gasteiger partial charge in [-0.3, -0.25) is 9.59 Å². The fourth-order valence-corrected chi connectivity index (χ4v) is 1.55. The van der Waals surface area contributed by atoms with Crippen molar-refractivity contribution in [2.45, 2.75) is 12.1 Å². The Morgan fingerprint density at radius 3 is 2.36 bits per heavy atom. The van der Waals surface area contributed by atoms with Crippen LogP contribution in [0.15, 0.2) is 36.5 Å². The molecule has 72 valence electrons. The number of hydrogen-bond acceptors (Lipinski definition) is 3. The van der Waals surface area contributed by atoms with Crippen molar-refractivity contribution in [3.63, 3.8) is 0 Å². The third kappa shape index (κ3) is 1.20. The van der Waals surface area contributed by atoms with Crippen molar-refractivity contribution >= 4 is 11.8 Å². The molecule has 0 fully saturated rings. The quantitative estimate of drug-likeness (QED) is 0.599. The summed E-state index contributed by atoms with van der Waals surface area (Å²) in [6.45, 7) is 0. The van der Waals surface area contributed by atoms with Crippen LogP contribution in [0.2, 0.25) is 0 Å². The molecule has 1 N–H and O–H groups in total. The molecule has 1 aliphatic heterocycles. The summed E-state index contributed by atoms with van der Waals surface area (Å²) in [5.74, 6) is -0.949. The van der Waals surface area contributed by atoms with Crippen LogP contribution in [0.25, 0.3) is 0 Å². The Bertz CT molecular complexity index is 363. The highest BCUT2D eigenvalue weighted by atomic mass is 16.3. The maximum atomic E-state index is 11.3.